The van der Waals surface area contributed by atoms with E-state index < -0.39 is 5.91 Å². The first-order valence-electron chi connectivity index (χ1n) is 11.4. The van der Waals surface area contributed by atoms with Gasteiger partial charge in [0, 0.05) is 25.3 Å². The highest BCUT2D eigenvalue weighted by Gasteiger charge is 2.22. The van der Waals surface area contributed by atoms with Crippen LogP contribution in [-0.4, -0.2) is 34.4 Å². The average molecular weight is 420 g/mol. The van der Waals surface area contributed by atoms with Crippen molar-refractivity contribution in [1.29, 1.82) is 5.26 Å². The van der Waals surface area contributed by atoms with Crippen LogP contribution in [0.3, 0.4) is 0 Å². The minimum Gasteiger partial charge on any atom is -0.356 e. The summed E-state index contributed by atoms with van der Waals surface area (Å²) in [5.41, 5.74) is 0.564. The standard InChI is InChI=1S/C24H29N5O2/c25-17-18(23(30)26-19-10-4-3-5-11-19)16-20-22(28-13-7-1-2-8-14-28)27-21-12-6-9-15-29(21)24(20)31/h6,9,12,15-16,19H,1-5,7-8,10-11,13-14H2,(H,26,30)/b18-16-. The van der Waals surface area contributed by atoms with Crippen molar-refractivity contribution in [1.82, 2.24) is 14.7 Å². The summed E-state index contributed by atoms with van der Waals surface area (Å²) in [6.45, 7) is 1.62. The van der Waals surface area contributed by atoms with E-state index in [0.29, 0.717) is 17.0 Å². The molecule has 1 saturated heterocycles. The lowest BCUT2D eigenvalue weighted by Crippen LogP contribution is -2.37. The quantitative estimate of drug-likeness (QED) is 0.606. The Morgan fingerprint density at radius 2 is 1.81 bits per heavy atom. The first-order valence-corrected chi connectivity index (χ1v) is 11.4. The van der Waals surface area contributed by atoms with E-state index >= 15 is 0 Å². The first kappa shape index (κ1) is 21.1. The van der Waals surface area contributed by atoms with Gasteiger partial charge >= 0.3 is 0 Å². The number of pyridine rings is 1. The Hall–Kier alpha value is -3.14. The van der Waals surface area contributed by atoms with Crippen LogP contribution in [0.2, 0.25) is 0 Å². The fourth-order valence-electron chi connectivity index (χ4n) is 4.54. The van der Waals surface area contributed by atoms with E-state index in [9.17, 15) is 14.9 Å². The van der Waals surface area contributed by atoms with Gasteiger partial charge in [0.2, 0.25) is 0 Å². The highest BCUT2D eigenvalue weighted by Crippen LogP contribution is 2.23. The Labute approximate surface area is 182 Å². The molecule has 1 aliphatic heterocycles. The molecule has 4 rings (SSSR count). The molecule has 0 unspecified atom stereocenters. The van der Waals surface area contributed by atoms with E-state index in [1.165, 1.54) is 16.9 Å². The Morgan fingerprint density at radius 3 is 2.52 bits per heavy atom. The van der Waals surface area contributed by atoms with Crippen LogP contribution in [0, 0.1) is 11.3 Å². The van der Waals surface area contributed by atoms with Gasteiger partial charge in [-0.15, -0.1) is 0 Å². The van der Waals surface area contributed by atoms with Crippen LogP contribution >= 0.6 is 0 Å². The number of carbonyl (C=O) groups excluding carboxylic acids is 1. The number of anilines is 1. The zero-order valence-electron chi connectivity index (χ0n) is 17.8. The molecule has 0 aromatic carbocycles. The van der Waals surface area contributed by atoms with Crippen molar-refractivity contribution in [2.75, 3.05) is 18.0 Å². The number of amides is 1. The zero-order chi connectivity index (χ0) is 21.6. The summed E-state index contributed by atoms with van der Waals surface area (Å²) in [5, 5.41) is 12.7. The van der Waals surface area contributed by atoms with Gasteiger partial charge in [0.15, 0.2) is 0 Å². The zero-order valence-corrected chi connectivity index (χ0v) is 17.8. The van der Waals surface area contributed by atoms with Gasteiger partial charge in [-0.25, -0.2) is 4.98 Å². The molecule has 2 aromatic heterocycles. The third kappa shape index (κ3) is 4.79. The van der Waals surface area contributed by atoms with Crippen LogP contribution in [0.25, 0.3) is 11.7 Å². The van der Waals surface area contributed by atoms with Crippen LogP contribution in [0.4, 0.5) is 5.82 Å². The Morgan fingerprint density at radius 1 is 1.10 bits per heavy atom. The summed E-state index contributed by atoms with van der Waals surface area (Å²) >= 11 is 0. The molecule has 2 aromatic rings. The molecule has 0 bridgehead atoms. The molecular weight excluding hydrogens is 390 g/mol. The Kier molecular flexibility index (Phi) is 6.66. The smallest absolute Gasteiger partial charge is 0.267 e. The molecule has 7 heteroatoms. The van der Waals surface area contributed by atoms with Crippen LogP contribution < -0.4 is 15.8 Å². The van der Waals surface area contributed by atoms with Crippen LogP contribution in [0.5, 0.6) is 0 Å². The SMILES string of the molecule is N#C/C(=C/c1c(N2CCCCCC2)nc2ccccn2c1=O)C(=O)NC1CCCCC1. The molecule has 3 heterocycles. The molecule has 0 atom stereocenters. The molecule has 2 fully saturated rings. The molecule has 1 saturated carbocycles. The van der Waals surface area contributed by atoms with Gasteiger partial charge in [-0.2, -0.15) is 5.26 Å². The molecule has 1 aliphatic carbocycles. The van der Waals surface area contributed by atoms with E-state index in [-0.39, 0.29) is 17.2 Å². The average Bonchev–Trinajstić information content (AvgIpc) is 3.08. The molecular formula is C24H29N5O2. The first-order chi connectivity index (χ1) is 15.2. The maximum absolute atomic E-state index is 13.4. The highest BCUT2D eigenvalue weighted by atomic mass is 16.2. The summed E-state index contributed by atoms with van der Waals surface area (Å²) in [6.07, 6.45) is 12.7. The molecule has 0 spiro atoms. The van der Waals surface area contributed by atoms with Crippen molar-refractivity contribution in [3.8, 4) is 6.07 Å². The van der Waals surface area contributed by atoms with E-state index in [1.807, 2.05) is 12.1 Å². The maximum atomic E-state index is 13.4. The third-order valence-electron chi connectivity index (χ3n) is 6.25. The molecule has 2 aliphatic rings. The summed E-state index contributed by atoms with van der Waals surface area (Å²) in [6, 6.07) is 7.53. The maximum Gasteiger partial charge on any atom is 0.267 e. The summed E-state index contributed by atoms with van der Waals surface area (Å²) in [7, 11) is 0. The Balaban J connectivity index is 1.75. The number of nitrogens with zero attached hydrogens (tertiary/aromatic N) is 4. The number of fused-ring (bicyclic) bond motifs is 1. The topological polar surface area (TPSA) is 90.5 Å². The molecule has 0 radical (unpaired) electrons. The molecule has 31 heavy (non-hydrogen) atoms. The van der Waals surface area contributed by atoms with E-state index in [2.05, 4.69) is 10.2 Å². The van der Waals surface area contributed by atoms with Crippen LogP contribution in [0.1, 0.15) is 63.4 Å². The van der Waals surface area contributed by atoms with Gasteiger partial charge in [0.1, 0.15) is 23.1 Å². The molecule has 162 valence electrons. The number of carbonyl (C=O) groups is 1. The van der Waals surface area contributed by atoms with Crippen molar-refractivity contribution >= 4 is 23.4 Å². The lowest BCUT2D eigenvalue weighted by molar-refractivity contribution is -0.117. The monoisotopic (exact) mass is 419 g/mol. The molecule has 7 nitrogen and oxygen atoms in total. The largest absolute Gasteiger partial charge is 0.356 e. The van der Waals surface area contributed by atoms with Crippen LogP contribution in [0.15, 0.2) is 34.8 Å². The predicted molar refractivity (Wildman–Crippen MR) is 121 cm³/mol. The van der Waals surface area contributed by atoms with Gasteiger partial charge in [-0.1, -0.05) is 38.2 Å². The van der Waals surface area contributed by atoms with Crippen molar-refractivity contribution in [2.24, 2.45) is 0 Å². The Bertz CT molecular complexity index is 1070. The summed E-state index contributed by atoms with van der Waals surface area (Å²) in [4.78, 5) is 33.1. The van der Waals surface area contributed by atoms with Gasteiger partial charge in [-0.05, 0) is 43.9 Å². The number of hydrogen-bond acceptors (Lipinski definition) is 5. The minimum atomic E-state index is -0.409. The number of hydrogen-bond donors (Lipinski definition) is 1. The summed E-state index contributed by atoms with van der Waals surface area (Å²) < 4.78 is 1.47. The van der Waals surface area contributed by atoms with Gasteiger partial charge in [-0.3, -0.25) is 14.0 Å². The van der Waals surface area contributed by atoms with E-state index in [1.54, 1.807) is 18.3 Å². The molecule has 1 N–H and O–H groups in total. The second kappa shape index (κ2) is 9.78. The highest BCUT2D eigenvalue weighted by molar-refractivity contribution is 6.02. The number of rotatable bonds is 4. The van der Waals surface area contributed by atoms with Crippen molar-refractivity contribution in [3.63, 3.8) is 0 Å². The van der Waals surface area contributed by atoms with Crippen molar-refractivity contribution in [2.45, 2.75) is 63.8 Å². The van der Waals surface area contributed by atoms with Gasteiger partial charge < -0.3 is 10.2 Å². The normalized spacial score (nSPS) is 18.4. The fraction of sp³-hybridized carbons (Fsp3) is 0.500. The van der Waals surface area contributed by atoms with Crippen molar-refractivity contribution in [3.05, 3.63) is 45.9 Å². The number of aromatic nitrogens is 2. The van der Waals surface area contributed by atoms with Crippen molar-refractivity contribution < 1.29 is 4.79 Å². The van der Waals surface area contributed by atoms with E-state index in [4.69, 9.17) is 4.98 Å². The lowest BCUT2D eigenvalue weighted by atomic mass is 9.95. The molecule has 1 amide bonds. The van der Waals surface area contributed by atoms with Gasteiger partial charge in [0.25, 0.3) is 11.5 Å². The predicted octanol–water partition coefficient (Wildman–Crippen LogP) is 3.43. The number of nitriles is 1. The minimum absolute atomic E-state index is 0.0450. The lowest BCUT2D eigenvalue weighted by Gasteiger charge is -2.24. The second-order valence-electron chi connectivity index (χ2n) is 8.46. The second-order valence-corrected chi connectivity index (χ2v) is 8.46. The fourth-order valence-corrected chi connectivity index (χ4v) is 4.54. The van der Waals surface area contributed by atoms with E-state index in [0.717, 1.165) is 64.5 Å². The van der Waals surface area contributed by atoms with Crippen LogP contribution in [-0.2, 0) is 4.79 Å². The summed E-state index contributed by atoms with van der Waals surface area (Å²) in [5.74, 6) is 0.157. The van der Waals surface area contributed by atoms with Gasteiger partial charge in [0.05, 0.1) is 5.56 Å². The number of nitrogens with one attached hydrogen (secondary N) is 1. The third-order valence-corrected chi connectivity index (χ3v) is 6.25.